The van der Waals surface area contributed by atoms with Gasteiger partial charge in [-0.3, -0.25) is 0 Å². The van der Waals surface area contributed by atoms with Crippen molar-refractivity contribution in [2.24, 2.45) is 0 Å². The molecule has 66 valence electrons. The molecule has 0 amide bonds. The Morgan fingerprint density at radius 1 is 1.45 bits per heavy atom. The molecule has 1 aliphatic rings. The van der Waals surface area contributed by atoms with Crippen molar-refractivity contribution < 1.29 is 14.6 Å². The van der Waals surface area contributed by atoms with Crippen LogP contribution in [0.15, 0.2) is 0 Å². The average Bonchev–Trinajstić information content (AvgIpc) is 1.93. The summed E-state index contributed by atoms with van der Waals surface area (Å²) in [6.07, 6.45) is 3.28. The maximum atomic E-state index is 8.45. The minimum Gasteiger partial charge on any atom is -0.396 e. The van der Waals surface area contributed by atoms with Crippen LogP contribution in [0.4, 0.5) is 0 Å². The zero-order chi connectivity index (χ0) is 7.94. The van der Waals surface area contributed by atoms with Crippen LogP contribution < -0.4 is 0 Å². The highest BCUT2D eigenvalue weighted by Gasteiger charge is 2.17. The summed E-state index contributed by atoms with van der Waals surface area (Å²) in [6.45, 7) is 2.64. The normalized spacial score (nSPS) is 23.2. The van der Waals surface area contributed by atoms with Crippen molar-refractivity contribution in [2.75, 3.05) is 26.4 Å². The van der Waals surface area contributed by atoms with Crippen LogP contribution in [0.25, 0.3) is 0 Å². The van der Waals surface area contributed by atoms with Gasteiger partial charge in [0.05, 0.1) is 12.7 Å². The van der Waals surface area contributed by atoms with E-state index in [4.69, 9.17) is 14.6 Å². The predicted molar refractivity (Wildman–Crippen MR) is 41.5 cm³/mol. The van der Waals surface area contributed by atoms with Crippen molar-refractivity contribution in [2.45, 2.75) is 25.4 Å². The molecule has 0 radical (unpaired) electrons. The van der Waals surface area contributed by atoms with Gasteiger partial charge in [-0.05, 0) is 19.3 Å². The molecule has 11 heavy (non-hydrogen) atoms. The molecule has 1 fully saturated rings. The number of hydrogen-bond acceptors (Lipinski definition) is 3. The van der Waals surface area contributed by atoms with Crippen LogP contribution in [0.1, 0.15) is 19.3 Å². The quantitative estimate of drug-likeness (QED) is 0.577. The van der Waals surface area contributed by atoms with Crippen molar-refractivity contribution in [3.8, 4) is 0 Å². The summed E-state index contributed by atoms with van der Waals surface area (Å²) < 4.78 is 10.5. The van der Waals surface area contributed by atoms with Gasteiger partial charge in [-0.2, -0.15) is 0 Å². The van der Waals surface area contributed by atoms with Crippen molar-refractivity contribution in [3.63, 3.8) is 0 Å². The van der Waals surface area contributed by atoms with E-state index in [2.05, 4.69) is 0 Å². The summed E-state index contributed by atoms with van der Waals surface area (Å²) in [6, 6.07) is 0. The smallest absolute Gasteiger partial charge is 0.0830 e. The highest BCUT2D eigenvalue weighted by Crippen LogP contribution is 2.10. The number of hydrogen-bond donors (Lipinski definition) is 1. The number of ether oxygens (including phenoxy) is 2. The average molecular weight is 160 g/mol. The molecule has 1 saturated heterocycles. The fourth-order valence-corrected chi connectivity index (χ4v) is 0.947. The zero-order valence-electron chi connectivity index (χ0n) is 6.79. The molecule has 1 heterocycles. The summed E-state index contributed by atoms with van der Waals surface area (Å²) >= 11 is 0. The van der Waals surface area contributed by atoms with E-state index in [-0.39, 0.29) is 6.61 Å². The van der Waals surface area contributed by atoms with E-state index < -0.39 is 0 Å². The molecule has 1 unspecified atom stereocenters. The molecular weight excluding hydrogens is 144 g/mol. The van der Waals surface area contributed by atoms with Gasteiger partial charge in [0, 0.05) is 19.8 Å². The van der Waals surface area contributed by atoms with Crippen LogP contribution in [0.5, 0.6) is 0 Å². The molecule has 1 atom stereocenters. The molecule has 1 rings (SSSR count). The molecule has 1 aliphatic heterocycles. The van der Waals surface area contributed by atoms with Crippen molar-refractivity contribution in [1.82, 2.24) is 0 Å². The molecule has 1 N–H and O–H groups in total. The van der Waals surface area contributed by atoms with Crippen LogP contribution in [-0.4, -0.2) is 37.6 Å². The Morgan fingerprint density at radius 3 is 2.82 bits per heavy atom. The van der Waals surface area contributed by atoms with E-state index in [1.54, 1.807) is 0 Å². The van der Waals surface area contributed by atoms with Gasteiger partial charge < -0.3 is 14.6 Å². The fourth-order valence-electron chi connectivity index (χ4n) is 0.947. The molecule has 3 nitrogen and oxygen atoms in total. The molecule has 0 spiro atoms. The number of aliphatic hydroxyl groups excluding tert-OH is 1. The topological polar surface area (TPSA) is 38.7 Å². The maximum absolute atomic E-state index is 8.45. The Labute approximate surface area is 67.3 Å². The van der Waals surface area contributed by atoms with Gasteiger partial charge in [0.25, 0.3) is 0 Å². The lowest BCUT2D eigenvalue weighted by Crippen LogP contribution is -2.31. The van der Waals surface area contributed by atoms with E-state index in [9.17, 15) is 0 Å². The Bertz CT molecular complexity index is 91.3. The van der Waals surface area contributed by atoms with Crippen LogP contribution in [0, 0.1) is 0 Å². The molecule has 0 aliphatic carbocycles. The molecule has 0 bridgehead atoms. The van der Waals surface area contributed by atoms with Gasteiger partial charge in [0.15, 0.2) is 0 Å². The van der Waals surface area contributed by atoms with Gasteiger partial charge in [-0.15, -0.1) is 0 Å². The van der Waals surface area contributed by atoms with E-state index in [0.29, 0.717) is 6.10 Å². The highest BCUT2D eigenvalue weighted by atomic mass is 16.5. The van der Waals surface area contributed by atoms with Gasteiger partial charge in [0.2, 0.25) is 0 Å². The standard InChI is InChI=1S/C8H16O3/c9-4-1-2-5-10-7-8-3-6-11-8/h8-9H,1-7H2. The van der Waals surface area contributed by atoms with E-state index in [1.165, 1.54) is 0 Å². The summed E-state index contributed by atoms with van der Waals surface area (Å²) in [5.74, 6) is 0. The largest absolute Gasteiger partial charge is 0.396 e. The van der Waals surface area contributed by atoms with Gasteiger partial charge in [-0.1, -0.05) is 0 Å². The second kappa shape index (κ2) is 5.52. The van der Waals surface area contributed by atoms with E-state index in [0.717, 1.165) is 39.1 Å². The second-order valence-corrected chi connectivity index (χ2v) is 2.79. The first kappa shape index (κ1) is 8.97. The SMILES string of the molecule is OCCCCOCC1CCO1. The molecule has 0 aromatic heterocycles. The Morgan fingerprint density at radius 2 is 2.27 bits per heavy atom. The van der Waals surface area contributed by atoms with Gasteiger partial charge in [0.1, 0.15) is 0 Å². The Balaban J connectivity index is 1.73. The number of rotatable bonds is 6. The summed E-state index contributed by atoms with van der Waals surface area (Å²) in [4.78, 5) is 0. The Hall–Kier alpha value is -0.120. The van der Waals surface area contributed by atoms with Gasteiger partial charge in [-0.25, -0.2) is 0 Å². The minimum absolute atomic E-state index is 0.267. The minimum atomic E-state index is 0.267. The van der Waals surface area contributed by atoms with Crippen molar-refractivity contribution >= 4 is 0 Å². The fraction of sp³-hybridized carbons (Fsp3) is 1.00. The number of aliphatic hydroxyl groups is 1. The first-order valence-corrected chi connectivity index (χ1v) is 4.23. The first-order valence-electron chi connectivity index (χ1n) is 4.23. The molecule has 0 aromatic rings. The predicted octanol–water partition coefficient (Wildman–Crippen LogP) is 0.564. The molecule has 0 aromatic carbocycles. The van der Waals surface area contributed by atoms with Crippen LogP contribution in [0.2, 0.25) is 0 Å². The lowest BCUT2D eigenvalue weighted by atomic mass is 10.2. The molecule has 0 saturated carbocycles. The molecular formula is C8H16O3. The molecule has 3 heteroatoms. The number of unbranched alkanes of at least 4 members (excludes halogenated alkanes) is 1. The summed E-state index contributed by atoms with van der Waals surface area (Å²) in [7, 11) is 0. The third kappa shape index (κ3) is 3.70. The van der Waals surface area contributed by atoms with Crippen molar-refractivity contribution in [3.05, 3.63) is 0 Å². The monoisotopic (exact) mass is 160 g/mol. The third-order valence-electron chi connectivity index (χ3n) is 1.79. The summed E-state index contributed by atoms with van der Waals surface area (Å²) in [5.41, 5.74) is 0. The lowest BCUT2D eigenvalue weighted by Gasteiger charge is -2.25. The van der Waals surface area contributed by atoms with Crippen LogP contribution in [-0.2, 0) is 9.47 Å². The lowest BCUT2D eigenvalue weighted by molar-refractivity contribution is -0.0940. The van der Waals surface area contributed by atoms with Crippen LogP contribution >= 0.6 is 0 Å². The zero-order valence-corrected chi connectivity index (χ0v) is 6.79. The van der Waals surface area contributed by atoms with Gasteiger partial charge >= 0.3 is 0 Å². The first-order chi connectivity index (χ1) is 5.43. The summed E-state index contributed by atoms with van der Waals surface area (Å²) in [5, 5.41) is 8.45. The second-order valence-electron chi connectivity index (χ2n) is 2.79. The van der Waals surface area contributed by atoms with Crippen LogP contribution in [0.3, 0.4) is 0 Å². The highest BCUT2D eigenvalue weighted by molar-refractivity contribution is 4.64. The Kier molecular flexibility index (Phi) is 4.50. The van der Waals surface area contributed by atoms with Crippen molar-refractivity contribution in [1.29, 1.82) is 0 Å². The third-order valence-corrected chi connectivity index (χ3v) is 1.79. The van der Waals surface area contributed by atoms with E-state index in [1.807, 2.05) is 0 Å². The van der Waals surface area contributed by atoms with E-state index >= 15 is 0 Å². The maximum Gasteiger partial charge on any atom is 0.0830 e.